The molecule has 0 fully saturated rings. The molecule has 64 valence electrons. The van der Waals surface area contributed by atoms with Crippen molar-refractivity contribution in [1.29, 1.82) is 0 Å². The summed E-state index contributed by atoms with van der Waals surface area (Å²) < 4.78 is 0. The minimum atomic E-state index is -0.613. The Kier molecular flexibility index (Phi) is 2.05. The Hall–Kier alpha value is -1.49. The van der Waals surface area contributed by atoms with Crippen LogP contribution in [0.5, 0.6) is 0 Å². The van der Waals surface area contributed by atoms with Crippen LogP contribution in [0.2, 0.25) is 5.02 Å². The van der Waals surface area contributed by atoms with Crippen LogP contribution < -0.4 is 11.5 Å². The van der Waals surface area contributed by atoms with Crippen molar-refractivity contribution in [3.63, 3.8) is 0 Å². The van der Waals surface area contributed by atoms with Gasteiger partial charge in [-0.3, -0.25) is 10.1 Å². The molecule has 0 aliphatic rings. The summed E-state index contributed by atoms with van der Waals surface area (Å²) in [6.07, 6.45) is 0. The Morgan fingerprint density at radius 2 is 1.83 bits per heavy atom. The summed E-state index contributed by atoms with van der Waals surface area (Å²) in [5, 5.41) is 10.3. The maximum Gasteiger partial charge on any atom is 0.290 e. The Morgan fingerprint density at radius 1 is 1.33 bits per heavy atom. The number of benzene rings is 1. The Bertz CT molecular complexity index is 340. The summed E-state index contributed by atoms with van der Waals surface area (Å²) in [4.78, 5) is 9.70. The van der Waals surface area contributed by atoms with E-state index < -0.39 is 4.92 Å². The zero-order valence-electron chi connectivity index (χ0n) is 5.95. The van der Waals surface area contributed by atoms with Crippen LogP contribution in [0, 0.1) is 10.1 Å². The van der Waals surface area contributed by atoms with Crippen molar-refractivity contribution in [3.05, 3.63) is 27.3 Å². The average Bonchev–Trinajstić information content (AvgIpc) is 1.96. The van der Waals surface area contributed by atoms with E-state index in [2.05, 4.69) is 0 Å². The molecule has 0 atom stereocenters. The Morgan fingerprint density at radius 3 is 2.33 bits per heavy atom. The summed E-state index contributed by atoms with van der Waals surface area (Å²) in [6, 6.07) is 2.40. The molecule has 0 aliphatic heterocycles. The second-order valence-electron chi connectivity index (χ2n) is 2.19. The summed E-state index contributed by atoms with van der Waals surface area (Å²) in [7, 11) is 0. The van der Waals surface area contributed by atoms with Crippen LogP contribution in [-0.4, -0.2) is 4.92 Å². The van der Waals surface area contributed by atoms with Gasteiger partial charge in [-0.1, -0.05) is 11.6 Å². The quantitative estimate of drug-likeness (QED) is 0.395. The first kappa shape index (κ1) is 8.61. The SMILES string of the molecule is Nc1cc(Cl)c([N+](=O)[O-])cc1N. The van der Waals surface area contributed by atoms with Crippen molar-refractivity contribution < 1.29 is 4.92 Å². The minimum Gasteiger partial charge on any atom is -0.397 e. The molecule has 0 aliphatic carbocycles. The van der Waals surface area contributed by atoms with Crippen molar-refractivity contribution in [2.45, 2.75) is 0 Å². The van der Waals surface area contributed by atoms with Crippen LogP contribution in [0.4, 0.5) is 17.1 Å². The van der Waals surface area contributed by atoms with E-state index in [0.717, 1.165) is 6.07 Å². The van der Waals surface area contributed by atoms with Gasteiger partial charge in [0.1, 0.15) is 5.02 Å². The molecular weight excluding hydrogens is 182 g/mol. The van der Waals surface area contributed by atoms with Crippen molar-refractivity contribution in [2.75, 3.05) is 11.5 Å². The van der Waals surface area contributed by atoms with Crippen molar-refractivity contribution >= 4 is 28.7 Å². The lowest BCUT2D eigenvalue weighted by Gasteiger charge is -2.00. The predicted molar refractivity (Wildman–Crippen MR) is 46.9 cm³/mol. The molecule has 1 rings (SSSR count). The van der Waals surface area contributed by atoms with Crippen LogP contribution in [0.1, 0.15) is 0 Å². The lowest BCUT2D eigenvalue weighted by Crippen LogP contribution is -1.97. The largest absolute Gasteiger partial charge is 0.397 e. The fraction of sp³-hybridized carbons (Fsp3) is 0. The smallest absolute Gasteiger partial charge is 0.290 e. The molecule has 0 heterocycles. The number of nitrogens with two attached hydrogens (primary N) is 2. The van der Waals surface area contributed by atoms with Gasteiger partial charge in [-0.25, -0.2) is 0 Å². The number of nitro benzene ring substituents is 1. The number of nitrogens with zero attached hydrogens (tertiary/aromatic N) is 1. The summed E-state index contributed by atoms with van der Waals surface area (Å²) in [6.45, 7) is 0. The number of halogens is 1. The van der Waals surface area contributed by atoms with Gasteiger partial charge in [-0.2, -0.15) is 0 Å². The number of anilines is 2. The second kappa shape index (κ2) is 2.86. The van der Waals surface area contributed by atoms with E-state index in [0.29, 0.717) is 0 Å². The van der Waals surface area contributed by atoms with Gasteiger partial charge in [0.15, 0.2) is 0 Å². The fourth-order valence-corrected chi connectivity index (χ4v) is 0.974. The number of nitrogen functional groups attached to an aromatic ring is 2. The van der Waals surface area contributed by atoms with Crippen LogP contribution in [0.15, 0.2) is 12.1 Å². The molecule has 0 amide bonds. The first-order valence-corrected chi connectivity index (χ1v) is 3.39. The monoisotopic (exact) mass is 187 g/mol. The molecular formula is C6H6ClN3O2. The normalized spacial score (nSPS) is 9.75. The average molecular weight is 188 g/mol. The highest BCUT2D eigenvalue weighted by atomic mass is 35.5. The van der Waals surface area contributed by atoms with Crippen LogP contribution >= 0.6 is 11.6 Å². The molecule has 4 N–H and O–H groups in total. The predicted octanol–water partition coefficient (Wildman–Crippen LogP) is 1.41. The van der Waals surface area contributed by atoms with Gasteiger partial charge in [-0.05, 0) is 6.07 Å². The maximum absolute atomic E-state index is 10.3. The van der Waals surface area contributed by atoms with Gasteiger partial charge in [0, 0.05) is 6.07 Å². The molecule has 0 saturated carbocycles. The standard InChI is InChI=1S/C6H6ClN3O2/c7-3-1-4(8)5(9)2-6(3)10(11)12/h1-2H,8-9H2. The van der Waals surface area contributed by atoms with E-state index in [4.69, 9.17) is 23.1 Å². The second-order valence-corrected chi connectivity index (χ2v) is 2.60. The Balaban J connectivity index is 3.33. The third kappa shape index (κ3) is 1.40. The molecule has 0 saturated heterocycles. The maximum atomic E-state index is 10.3. The number of nitro groups is 1. The molecule has 0 aromatic heterocycles. The summed E-state index contributed by atoms with van der Waals surface area (Å²) >= 11 is 5.52. The molecule has 0 unspecified atom stereocenters. The summed E-state index contributed by atoms with van der Waals surface area (Å²) in [5.74, 6) is 0. The van der Waals surface area contributed by atoms with Gasteiger partial charge >= 0.3 is 0 Å². The lowest BCUT2D eigenvalue weighted by molar-refractivity contribution is -0.384. The van der Waals surface area contributed by atoms with Crippen LogP contribution in [0.25, 0.3) is 0 Å². The molecule has 1 aromatic rings. The van der Waals surface area contributed by atoms with Gasteiger partial charge in [0.2, 0.25) is 0 Å². The number of rotatable bonds is 1. The van der Waals surface area contributed by atoms with Gasteiger partial charge in [0.05, 0.1) is 16.3 Å². The molecule has 0 spiro atoms. The van der Waals surface area contributed by atoms with Gasteiger partial charge in [-0.15, -0.1) is 0 Å². The van der Waals surface area contributed by atoms with Crippen LogP contribution in [0.3, 0.4) is 0 Å². The number of hydrogen-bond acceptors (Lipinski definition) is 4. The highest BCUT2D eigenvalue weighted by molar-refractivity contribution is 6.33. The highest BCUT2D eigenvalue weighted by Crippen LogP contribution is 2.30. The lowest BCUT2D eigenvalue weighted by atomic mass is 10.2. The topological polar surface area (TPSA) is 95.2 Å². The van der Waals surface area contributed by atoms with E-state index >= 15 is 0 Å². The van der Waals surface area contributed by atoms with Crippen LogP contribution in [-0.2, 0) is 0 Å². The van der Waals surface area contributed by atoms with E-state index in [1.165, 1.54) is 6.07 Å². The third-order valence-electron chi connectivity index (χ3n) is 1.35. The van der Waals surface area contributed by atoms with Gasteiger partial charge < -0.3 is 11.5 Å². The molecule has 12 heavy (non-hydrogen) atoms. The van der Waals surface area contributed by atoms with E-state index in [9.17, 15) is 10.1 Å². The molecule has 0 radical (unpaired) electrons. The van der Waals surface area contributed by atoms with Crippen molar-refractivity contribution in [2.24, 2.45) is 0 Å². The first-order valence-electron chi connectivity index (χ1n) is 3.01. The first-order chi connectivity index (χ1) is 5.52. The molecule has 0 bridgehead atoms. The number of hydrogen-bond donors (Lipinski definition) is 2. The van der Waals surface area contributed by atoms with E-state index in [1.807, 2.05) is 0 Å². The zero-order valence-corrected chi connectivity index (χ0v) is 6.71. The molecule has 6 heteroatoms. The molecule has 5 nitrogen and oxygen atoms in total. The highest BCUT2D eigenvalue weighted by Gasteiger charge is 2.13. The third-order valence-corrected chi connectivity index (χ3v) is 1.65. The summed E-state index contributed by atoms with van der Waals surface area (Å²) in [5.41, 5.74) is 10.9. The zero-order chi connectivity index (χ0) is 9.30. The van der Waals surface area contributed by atoms with Gasteiger partial charge in [0.25, 0.3) is 5.69 Å². The van der Waals surface area contributed by atoms with E-state index in [1.54, 1.807) is 0 Å². The van der Waals surface area contributed by atoms with Crippen molar-refractivity contribution in [3.8, 4) is 0 Å². The molecule has 1 aromatic carbocycles. The van der Waals surface area contributed by atoms with Crippen molar-refractivity contribution in [1.82, 2.24) is 0 Å². The minimum absolute atomic E-state index is 0.00769. The Labute approximate surface area is 73.1 Å². The van der Waals surface area contributed by atoms with E-state index in [-0.39, 0.29) is 22.1 Å². The fourth-order valence-electron chi connectivity index (χ4n) is 0.733.